The maximum absolute atomic E-state index is 5.08. The predicted molar refractivity (Wildman–Crippen MR) is 101 cm³/mol. The first-order valence-electron chi connectivity index (χ1n) is 8.63. The topological polar surface area (TPSA) is 25.2 Å². The third-order valence-corrected chi connectivity index (χ3v) is 4.80. The first kappa shape index (κ1) is 15.1. The van der Waals surface area contributed by atoms with E-state index in [4.69, 9.17) is 4.99 Å². The molecule has 0 aliphatic carbocycles. The highest BCUT2D eigenvalue weighted by Crippen LogP contribution is 2.32. The summed E-state index contributed by atoms with van der Waals surface area (Å²) < 4.78 is 0. The van der Waals surface area contributed by atoms with Crippen LogP contribution in [0.4, 0.5) is 0 Å². The molecular weight excluding hydrogens is 292 g/mol. The molecule has 2 heterocycles. The number of hydrogen-bond donors (Lipinski definition) is 0. The van der Waals surface area contributed by atoms with E-state index in [1.54, 1.807) is 0 Å². The van der Waals surface area contributed by atoms with Crippen LogP contribution in [0.2, 0.25) is 0 Å². The molecule has 3 aromatic rings. The van der Waals surface area contributed by atoms with Crippen LogP contribution in [0.5, 0.6) is 0 Å². The van der Waals surface area contributed by atoms with Gasteiger partial charge >= 0.3 is 0 Å². The van der Waals surface area contributed by atoms with Gasteiger partial charge in [-0.3, -0.25) is 9.98 Å². The third-order valence-electron chi connectivity index (χ3n) is 4.80. The minimum atomic E-state index is -0.0841. The highest BCUT2D eigenvalue weighted by molar-refractivity contribution is 6.15. The second-order valence-corrected chi connectivity index (χ2v) is 7.16. The van der Waals surface area contributed by atoms with Crippen molar-refractivity contribution >= 4 is 16.6 Å². The zero-order chi connectivity index (χ0) is 16.7. The molecule has 0 fully saturated rings. The number of benzene rings is 2. The molecule has 0 amide bonds. The normalized spacial score (nSPS) is 15.9. The molecule has 2 aromatic carbocycles. The lowest BCUT2D eigenvalue weighted by Crippen LogP contribution is -2.30. The van der Waals surface area contributed by atoms with Gasteiger partial charge in [-0.25, -0.2) is 0 Å². The summed E-state index contributed by atoms with van der Waals surface area (Å²) >= 11 is 0. The Morgan fingerprint density at radius 1 is 1.04 bits per heavy atom. The van der Waals surface area contributed by atoms with Crippen molar-refractivity contribution in [2.75, 3.05) is 0 Å². The van der Waals surface area contributed by atoms with Gasteiger partial charge in [0.2, 0.25) is 0 Å². The Bertz CT molecular complexity index is 951. The van der Waals surface area contributed by atoms with Crippen LogP contribution in [0.25, 0.3) is 10.9 Å². The number of pyridine rings is 1. The number of fused-ring (bicyclic) bond motifs is 2. The molecule has 0 saturated carbocycles. The van der Waals surface area contributed by atoms with E-state index in [1.807, 2.05) is 12.3 Å². The van der Waals surface area contributed by atoms with E-state index in [1.165, 1.54) is 16.7 Å². The number of hydrogen-bond acceptors (Lipinski definition) is 2. The van der Waals surface area contributed by atoms with Crippen molar-refractivity contribution in [3.63, 3.8) is 0 Å². The van der Waals surface area contributed by atoms with Crippen molar-refractivity contribution in [3.8, 4) is 0 Å². The van der Waals surface area contributed by atoms with Gasteiger partial charge in [0.15, 0.2) is 0 Å². The molecule has 24 heavy (non-hydrogen) atoms. The van der Waals surface area contributed by atoms with Crippen molar-refractivity contribution in [3.05, 3.63) is 77.0 Å². The van der Waals surface area contributed by atoms with Crippen LogP contribution in [-0.4, -0.2) is 16.2 Å². The van der Waals surface area contributed by atoms with Crippen LogP contribution < -0.4 is 0 Å². The zero-order valence-electron chi connectivity index (χ0n) is 14.5. The summed E-state index contributed by atoms with van der Waals surface area (Å²) in [5.74, 6) is 0. The quantitative estimate of drug-likeness (QED) is 0.655. The summed E-state index contributed by atoms with van der Waals surface area (Å²) in [6.45, 7) is 6.67. The van der Waals surface area contributed by atoms with E-state index < -0.39 is 0 Å². The van der Waals surface area contributed by atoms with E-state index in [-0.39, 0.29) is 5.54 Å². The molecule has 0 radical (unpaired) electrons. The van der Waals surface area contributed by atoms with E-state index in [2.05, 4.69) is 68.2 Å². The van der Waals surface area contributed by atoms with Gasteiger partial charge in [-0.05, 0) is 49.9 Å². The van der Waals surface area contributed by atoms with Gasteiger partial charge in [-0.1, -0.05) is 43.3 Å². The monoisotopic (exact) mass is 314 g/mol. The molecule has 0 spiro atoms. The average molecular weight is 314 g/mol. The number of para-hydroxylation sites is 1. The minimum absolute atomic E-state index is 0.0841. The SMILES string of the molecule is CCc1cccc2c1CC(C)(C)N=C2c1cnc2ccccc2c1. The molecule has 0 saturated heterocycles. The molecule has 0 unspecified atom stereocenters. The molecule has 2 nitrogen and oxygen atoms in total. The number of aryl methyl sites for hydroxylation is 1. The molecule has 4 rings (SSSR count). The fourth-order valence-corrected chi connectivity index (χ4v) is 3.65. The summed E-state index contributed by atoms with van der Waals surface area (Å²) in [5, 5.41) is 1.16. The highest BCUT2D eigenvalue weighted by atomic mass is 14.9. The Hall–Kier alpha value is -2.48. The van der Waals surface area contributed by atoms with Gasteiger partial charge in [0.1, 0.15) is 0 Å². The average Bonchev–Trinajstić information content (AvgIpc) is 2.59. The standard InChI is InChI=1S/C22H22N2/c1-4-15-9-7-10-18-19(15)13-22(2,3)24-21(18)17-12-16-8-5-6-11-20(16)23-14-17/h5-12,14H,4,13H2,1-3H3. The second-order valence-electron chi connectivity index (χ2n) is 7.16. The van der Waals surface area contributed by atoms with Crippen molar-refractivity contribution in [2.45, 2.75) is 39.2 Å². The second kappa shape index (κ2) is 5.55. The largest absolute Gasteiger partial charge is 0.278 e. The molecule has 0 atom stereocenters. The molecule has 120 valence electrons. The van der Waals surface area contributed by atoms with Gasteiger partial charge < -0.3 is 0 Å². The van der Waals surface area contributed by atoms with Crippen molar-refractivity contribution < 1.29 is 0 Å². The lowest BCUT2D eigenvalue weighted by molar-refractivity contribution is 0.511. The Kier molecular flexibility index (Phi) is 3.49. The fraction of sp³-hybridized carbons (Fsp3) is 0.273. The lowest BCUT2D eigenvalue weighted by Gasteiger charge is -2.30. The summed E-state index contributed by atoms with van der Waals surface area (Å²) in [7, 11) is 0. The number of aromatic nitrogens is 1. The summed E-state index contributed by atoms with van der Waals surface area (Å²) in [5.41, 5.74) is 7.28. The van der Waals surface area contributed by atoms with Gasteiger partial charge in [0.25, 0.3) is 0 Å². The van der Waals surface area contributed by atoms with Gasteiger partial charge in [-0.15, -0.1) is 0 Å². The Balaban J connectivity index is 1.94. The molecule has 1 aliphatic heterocycles. The maximum Gasteiger partial charge on any atom is 0.0744 e. The number of nitrogens with zero attached hydrogens (tertiary/aromatic N) is 2. The van der Waals surface area contributed by atoms with E-state index in [9.17, 15) is 0 Å². The van der Waals surface area contributed by atoms with Crippen LogP contribution in [0.15, 0.2) is 59.7 Å². The minimum Gasteiger partial charge on any atom is -0.278 e. The van der Waals surface area contributed by atoms with E-state index >= 15 is 0 Å². The highest BCUT2D eigenvalue weighted by Gasteiger charge is 2.28. The smallest absolute Gasteiger partial charge is 0.0744 e. The number of aliphatic imine (C=N–C) groups is 1. The third kappa shape index (κ3) is 2.52. The molecule has 2 heteroatoms. The van der Waals surface area contributed by atoms with Crippen LogP contribution in [0, 0.1) is 0 Å². The first-order valence-corrected chi connectivity index (χ1v) is 8.63. The van der Waals surface area contributed by atoms with Crippen molar-refractivity contribution in [1.82, 2.24) is 4.98 Å². The molecular formula is C22H22N2. The van der Waals surface area contributed by atoms with Gasteiger partial charge in [-0.2, -0.15) is 0 Å². The van der Waals surface area contributed by atoms with Gasteiger partial charge in [0.05, 0.1) is 16.8 Å². The summed E-state index contributed by atoms with van der Waals surface area (Å²) in [6, 6.07) is 17.1. The Morgan fingerprint density at radius 2 is 1.88 bits per heavy atom. The molecule has 0 N–H and O–H groups in total. The van der Waals surface area contributed by atoms with Crippen LogP contribution >= 0.6 is 0 Å². The maximum atomic E-state index is 5.08. The van der Waals surface area contributed by atoms with Crippen LogP contribution in [0.3, 0.4) is 0 Å². The number of rotatable bonds is 2. The molecule has 0 bridgehead atoms. The zero-order valence-corrected chi connectivity index (χ0v) is 14.5. The van der Waals surface area contributed by atoms with Gasteiger partial charge in [0, 0.05) is 22.7 Å². The Labute approximate surface area is 143 Å². The van der Waals surface area contributed by atoms with E-state index in [0.717, 1.165) is 35.0 Å². The fourth-order valence-electron chi connectivity index (χ4n) is 3.65. The Morgan fingerprint density at radius 3 is 2.71 bits per heavy atom. The van der Waals surface area contributed by atoms with Crippen molar-refractivity contribution in [2.24, 2.45) is 4.99 Å². The first-order chi connectivity index (χ1) is 11.6. The summed E-state index contributed by atoms with van der Waals surface area (Å²) in [6.07, 6.45) is 4.02. The van der Waals surface area contributed by atoms with Crippen LogP contribution in [-0.2, 0) is 12.8 Å². The molecule has 1 aromatic heterocycles. The van der Waals surface area contributed by atoms with Crippen LogP contribution in [0.1, 0.15) is 43.0 Å². The van der Waals surface area contributed by atoms with E-state index in [0.29, 0.717) is 0 Å². The summed E-state index contributed by atoms with van der Waals surface area (Å²) in [4.78, 5) is 9.72. The predicted octanol–water partition coefficient (Wildman–Crippen LogP) is 4.97. The lowest BCUT2D eigenvalue weighted by atomic mass is 9.82. The van der Waals surface area contributed by atoms with Crippen molar-refractivity contribution in [1.29, 1.82) is 0 Å². The molecule has 1 aliphatic rings.